The van der Waals surface area contributed by atoms with E-state index in [4.69, 9.17) is 0 Å². The second kappa shape index (κ2) is 3.61. The zero-order valence-corrected chi connectivity index (χ0v) is 10.2. The lowest BCUT2D eigenvalue weighted by atomic mass is 9.77. The van der Waals surface area contributed by atoms with Crippen LogP contribution >= 0.6 is 0 Å². The van der Waals surface area contributed by atoms with Gasteiger partial charge in [-0.05, 0) is 31.1 Å². The summed E-state index contributed by atoms with van der Waals surface area (Å²) < 4.78 is 54.0. The highest BCUT2D eigenvalue weighted by Crippen LogP contribution is 2.54. The van der Waals surface area contributed by atoms with Crippen molar-refractivity contribution >= 4 is 0 Å². The van der Waals surface area contributed by atoms with Crippen LogP contribution in [0.15, 0.2) is 23.3 Å². The predicted molar refractivity (Wildman–Crippen MR) is 60.7 cm³/mol. The smallest absolute Gasteiger partial charge is 0.200 e. The van der Waals surface area contributed by atoms with Crippen LogP contribution in [0, 0.1) is 17.8 Å². The zero-order valence-electron chi connectivity index (χ0n) is 10.2. The van der Waals surface area contributed by atoms with E-state index in [9.17, 15) is 17.6 Å². The van der Waals surface area contributed by atoms with Gasteiger partial charge in [0, 0.05) is 12.3 Å². The number of hydrogen-bond donors (Lipinski definition) is 0. The Bertz CT molecular complexity index is 433. The van der Waals surface area contributed by atoms with E-state index in [1.165, 1.54) is 6.92 Å². The maximum absolute atomic E-state index is 13.6. The van der Waals surface area contributed by atoms with Crippen molar-refractivity contribution in [1.29, 1.82) is 0 Å². The van der Waals surface area contributed by atoms with Crippen molar-refractivity contribution in [1.82, 2.24) is 0 Å². The van der Waals surface area contributed by atoms with Crippen molar-refractivity contribution in [3.05, 3.63) is 23.3 Å². The Labute approximate surface area is 104 Å². The molecule has 0 N–H and O–H groups in total. The SMILES string of the molecule is CC1CC(=C2CC3C=CC2C3)CC(F)(F)C1(F)F. The van der Waals surface area contributed by atoms with Gasteiger partial charge in [-0.3, -0.25) is 0 Å². The Morgan fingerprint density at radius 2 is 1.83 bits per heavy atom. The molecular formula is C14H16F4. The molecule has 0 nitrogen and oxygen atoms in total. The highest BCUT2D eigenvalue weighted by Gasteiger charge is 2.62. The van der Waals surface area contributed by atoms with E-state index in [-0.39, 0.29) is 12.3 Å². The second-order valence-corrected chi connectivity index (χ2v) is 5.93. The van der Waals surface area contributed by atoms with E-state index in [0.717, 1.165) is 18.4 Å². The molecule has 2 fully saturated rings. The van der Waals surface area contributed by atoms with Crippen LogP contribution in [0.3, 0.4) is 0 Å². The monoisotopic (exact) mass is 260 g/mol. The van der Waals surface area contributed by atoms with E-state index in [1.54, 1.807) is 0 Å². The molecule has 0 amide bonds. The lowest BCUT2D eigenvalue weighted by Crippen LogP contribution is -2.49. The Kier molecular flexibility index (Phi) is 2.46. The molecule has 0 aromatic rings. The van der Waals surface area contributed by atoms with Gasteiger partial charge in [0.05, 0.1) is 0 Å². The third-order valence-corrected chi connectivity index (χ3v) is 4.65. The number of fused-ring (bicyclic) bond motifs is 2. The van der Waals surface area contributed by atoms with Gasteiger partial charge in [-0.15, -0.1) is 0 Å². The molecule has 0 heterocycles. The van der Waals surface area contributed by atoms with Crippen molar-refractivity contribution < 1.29 is 17.6 Å². The summed E-state index contributed by atoms with van der Waals surface area (Å²) in [6.07, 6.45) is 5.31. The van der Waals surface area contributed by atoms with Crippen LogP contribution in [0.5, 0.6) is 0 Å². The molecule has 0 aliphatic heterocycles. The summed E-state index contributed by atoms with van der Waals surface area (Å²) in [4.78, 5) is 0. The summed E-state index contributed by atoms with van der Waals surface area (Å²) >= 11 is 0. The van der Waals surface area contributed by atoms with Gasteiger partial charge in [0.2, 0.25) is 0 Å². The second-order valence-electron chi connectivity index (χ2n) is 5.93. The van der Waals surface area contributed by atoms with Gasteiger partial charge in [-0.25, -0.2) is 0 Å². The minimum atomic E-state index is -3.89. The fraction of sp³-hybridized carbons (Fsp3) is 0.714. The van der Waals surface area contributed by atoms with Crippen molar-refractivity contribution in [3.8, 4) is 0 Å². The minimum Gasteiger partial charge on any atom is -0.200 e. The number of rotatable bonds is 0. The van der Waals surface area contributed by atoms with Crippen LogP contribution in [0.1, 0.15) is 32.6 Å². The predicted octanol–water partition coefficient (Wildman–Crippen LogP) is 4.58. The number of allylic oxidation sites excluding steroid dienone is 4. The largest absolute Gasteiger partial charge is 0.314 e. The van der Waals surface area contributed by atoms with E-state index < -0.39 is 24.2 Å². The highest BCUT2D eigenvalue weighted by atomic mass is 19.3. The molecular weight excluding hydrogens is 244 g/mol. The van der Waals surface area contributed by atoms with Crippen LogP contribution in [0.4, 0.5) is 17.6 Å². The summed E-state index contributed by atoms with van der Waals surface area (Å²) in [5.41, 5.74) is 1.61. The summed E-state index contributed by atoms with van der Waals surface area (Å²) in [6.45, 7) is 1.23. The fourth-order valence-corrected chi connectivity index (χ4v) is 3.59. The summed E-state index contributed by atoms with van der Waals surface area (Å²) in [5, 5.41) is 0. The molecule has 3 rings (SSSR count). The number of halogens is 4. The molecule has 3 atom stereocenters. The van der Waals surface area contributed by atoms with Crippen LogP contribution in [0.2, 0.25) is 0 Å². The zero-order chi connectivity index (χ0) is 13.1. The fourth-order valence-electron chi connectivity index (χ4n) is 3.59. The Balaban J connectivity index is 1.93. The van der Waals surface area contributed by atoms with Crippen molar-refractivity contribution in [2.45, 2.75) is 44.5 Å². The number of hydrogen-bond acceptors (Lipinski definition) is 0. The topological polar surface area (TPSA) is 0 Å². The molecule has 100 valence electrons. The van der Waals surface area contributed by atoms with E-state index in [2.05, 4.69) is 6.08 Å². The molecule has 0 saturated heterocycles. The quantitative estimate of drug-likeness (QED) is 0.442. The average molecular weight is 260 g/mol. The first-order valence-corrected chi connectivity index (χ1v) is 6.46. The molecule has 2 bridgehead atoms. The third-order valence-electron chi connectivity index (χ3n) is 4.65. The van der Waals surface area contributed by atoms with Gasteiger partial charge >= 0.3 is 11.8 Å². The standard InChI is InChI=1S/C14H16F4/c1-8-4-11(7-13(15,16)14(8,17)18)12-6-9-2-3-10(12)5-9/h2-3,8-10H,4-7H2,1H3. The first-order chi connectivity index (χ1) is 8.31. The van der Waals surface area contributed by atoms with Gasteiger partial charge < -0.3 is 0 Å². The van der Waals surface area contributed by atoms with Crippen LogP contribution < -0.4 is 0 Å². The molecule has 0 aromatic heterocycles. The molecule has 0 aromatic carbocycles. The Hall–Kier alpha value is -0.800. The maximum Gasteiger partial charge on any atom is 0.314 e. The third kappa shape index (κ3) is 1.57. The van der Waals surface area contributed by atoms with Crippen LogP contribution in [-0.2, 0) is 0 Å². The van der Waals surface area contributed by atoms with Gasteiger partial charge in [-0.2, -0.15) is 17.6 Å². The summed E-state index contributed by atoms with van der Waals surface area (Å²) in [7, 11) is 0. The van der Waals surface area contributed by atoms with E-state index in [1.807, 2.05) is 6.08 Å². The first kappa shape index (κ1) is 12.2. The molecule has 2 saturated carbocycles. The molecule has 3 unspecified atom stereocenters. The first-order valence-electron chi connectivity index (χ1n) is 6.46. The van der Waals surface area contributed by atoms with Gasteiger partial charge in [-0.1, -0.05) is 30.2 Å². The van der Waals surface area contributed by atoms with Crippen LogP contribution in [-0.4, -0.2) is 11.8 Å². The Morgan fingerprint density at radius 3 is 2.33 bits per heavy atom. The van der Waals surface area contributed by atoms with E-state index >= 15 is 0 Å². The van der Waals surface area contributed by atoms with Crippen molar-refractivity contribution in [3.63, 3.8) is 0 Å². The van der Waals surface area contributed by atoms with E-state index in [0.29, 0.717) is 11.5 Å². The van der Waals surface area contributed by atoms with Crippen molar-refractivity contribution in [2.75, 3.05) is 0 Å². The molecule has 0 radical (unpaired) electrons. The van der Waals surface area contributed by atoms with Gasteiger partial charge in [0.15, 0.2) is 0 Å². The molecule has 3 aliphatic rings. The lowest BCUT2D eigenvalue weighted by Gasteiger charge is -2.38. The molecule has 0 spiro atoms. The highest BCUT2D eigenvalue weighted by molar-refractivity contribution is 5.33. The Morgan fingerprint density at radius 1 is 1.11 bits per heavy atom. The van der Waals surface area contributed by atoms with Gasteiger partial charge in [0.25, 0.3) is 0 Å². The maximum atomic E-state index is 13.6. The van der Waals surface area contributed by atoms with Crippen molar-refractivity contribution in [2.24, 2.45) is 17.8 Å². The van der Waals surface area contributed by atoms with Crippen LogP contribution in [0.25, 0.3) is 0 Å². The molecule has 4 heteroatoms. The summed E-state index contributed by atoms with van der Waals surface area (Å²) in [6, 6.07) is 0. The lowest BCUT2D eigenvalue weighted by molar-refractivity contribution is -0.242. The number of alkyl halides is 4. The normalized spacial score (nSPS) is 44.6. The average Bonchev–Trinajstić information content (AvgIpc) is 2.87. The van der Waals surface area contributed by atoms with Gasteiger partial charge in [0.1, 0.15) is 0 Å². The minimum absolute atomic E-state index is 0.120. The molecule has 18 heavy (non-hydrogen) atoms. The molecule has 3 aliphatic carbocycles. The summed E-state index contributed by atoms with van der Waals surface area (Å²) in [5.74, 6) is -8.35.